The Bertz CT molecular complexity index is 1040. The topological polar surface area (TPSA) is 69.1 Å². The third kappa shape index (κ3) is 2.54. The molecule has 1 aromatic heterocycles. The van der Waals surface area contributed by atoms with Crippen molar-refractivity contribution >= 4 is 17.0 Å². The van der Waals surface area contributed by atoms with Crippen molar-refractivity contribution in [3.8, 4) is 22.6 Å². The van der Waals surface area contributed by atoms with Crippen molar-refractivity contribution in [2.75, 3.05) is 0 Å². The molecule has 116 valence electrons. The highest BCUT2D eigenvalue weighted by molar-refractivity contribution is 5.94. The van der Waals surface area contributed by atoms with Gasteiger partial charge in [0.25, 0.3) is 0 Å². The third-order valence-corrected chi connectivity index (χ3v) is 3.89. The van der Waals surface area contributed by atoms with Gasteiger partial charge >= 0.3 is 0 Å². The van der Waals surface area contributed by atoms with Gasteiger partial charge in [0.2, 0.25) is 11.8 Å². The van der Waals surface area contributed by atoms with Gasteiger partial charge in [0.05, 0.1) is 0 Å². The summed E-state index contributed by atoms with van der Waals surface area (Å²) in [6.07, 6.45) is 0. The standard InChI is InChI=1S/C20H14N2O2/c21-19(23)16-8-4-7-14(11-16)15-9-10-18-17(12-15)22-20(24-18)13-5-2-1-3-6-13/h1-12H,(H2,21,23). The van der Waals surface area contributed by atoms with Crippen molar-refractivity contribution in [2.45, 2.75) is 0 Å². The summed E-state index contributed by atoms with van der Waals surface area (Å²) in [4.78, 5) is 15.9. The normalized spacial score (nSPS) is 10.8. The zero-order valence-electron chi connectivity index (χ0n) is 12.8. The van der Waals surface area contributed by atoms with Crippen molar-refractivity contribution in [2.24, 2.45) is 5.73 Å². The molecule has 0 saturated heterocycles. The zero-order chi connectivity index (χ0) is 16.5. The molecular weight excluding hydrogens is 300 g/mol. The van der Waals surface area contributed by atoms with Crippen LogP contribution < -0.4 is 5.73 Å². The Hall–Kier alpha value is -3.40. The predicted octanol–water partition coefficient (Wildman–Crippen LogP) is 4.26. The highest BCUT2D eigenvalue weighted by Crippen LogP contribution is 2.28. The first kappa shape index (κ1) is 14.2. The maximum Gasteiger partial charge on any atom is 0.248 e. The molecule has 0 aliphatic heterocycles. The van der Waals surface area contributed by atoms with Crippen molar-refractivity contribution in [3.63, 3.8) is 0 Å². The van der Waals surface area contributed by atoms with Gasteiger partial charge in [-0.15, -0.1) is 0 Å². The number of hydrogen-bond donors (Lipinski definition) is 1. The number of nitrogens with zero attached hydrogens (tertiary/aromatic N) is 1. The SMILES string of the molecule is NC(=O)c1cccc(-c2ccc3oc(-c4ccccc4)nc3c2)c1. The molecule has 0 saturated carbocycles. The number of amides is 1. The highest BCUT2D eigenvalue weighted by atomic mass is 16.3. The lowest BCUT2D eigenvalue weighted by molar-refractivity contribution is 0.100. The first-order valence-corrected chi connectivity index (χ1v) is 7.57. The van der Waals surface area contributed by atoms with E-state index in [9.17, 15) is 4.79 Å². The molecule has 0 bridgehead atoms. The van der Waals surface area contributed by atoms with Crippen molar-refractivity contribution in [3.05, 3.63) is 78.4 Å². The Kier molecular flexibility index (Phi) is 3.35. The zero-order valence-corrected chi connectivity index (χ0v) is 12.8. The van der Waals surface area contributed by atoms with Crippen LogP contribution in [0.2, 0.25) is 0 Å². The van der Waals surface area contributed by atoms with Crippen molar-refractivity contribution in [1.82, 2.24) is 4.98 Å². The number of carbonyl (C=O) groups excluding carboxylic acids is 1. The van der Waals surface area contributed by atoms with Crippen molar-refractivity contribution in [1.29, 1.82) is 0 Å². The molecule has 24 heavy (non-hydrogen) atoms. The largest absolute Gasteiger partial charge is 0.436 e. The lowest BCUT2D eigenvalue weighted by Crippen LogP contribution is -2.10. The van der Waals surface area contributed by atoms with E-state index in [-0.39, 0.29) is 0 Å². The van der Waals surface area contributed by atoms with Crippen LogP contribution >= 0.6 is 0 Å². The van der Waals surface area contributed by atoms with Gasteiger partial charge in [0.1, 0.15) is 5.52 Å². The molecule has 4 aromatic rings. The minimum atomic E-state index is -0.439. The first-order valence-electron chi connectivity index (χ1n) is 7.57. The molecule has 0 atom stereocenters. The monoisotopic (exact) mass is 314 g/mol. The van der Waals surface area contributed by atoms with Crippen LogP contribution in [0.3, 0.4) is 0 Å². The van der Waals surface area contributed by atoms with Gasteiger partial charge in [-0.25, -0.2) is 4.98 Å². The number of oxazole rings is 1. The van der Waals surface area contributed by atoms with E-state index in [1.165, 1.54) is 0 Å². The molecule has 0 radical (unpaired) electrons. The van der Waals surface area contributed by atoms with E-state index in [1.807, 2.05) is 60.7 Å². The molecule has 3 aromatic carbocycles. The minimum Gasteiger partial charge on any atom is -0.436 e. The lowest BCUT2D eigenvalue weighted by atomic mass is 10.0. The Morgan fingerprint density at radius 3 is 2.38 bits per heavy atom. The van der Waals surface area contributed by atoms with Crippen LogP contribution in [0.5, 0.6) is 0 Å². The number of benzene rings is 3. The molecule has 1 heterocycles. The molecule has 0 fully saturated rings. The van der Waals surface area contributed by atoms with E-state index in [2.05, 4.69) is 4.98 Å². The second kappa shape index (κ2) is 5.66. The van der Waals surface area contributed by atoms with E-state index in [1.54, 1.807) is 12.1 Å². The Labute approximate surface area is 138 Å². The molecule has 4 nitrogen and oxygen atoms in total. The summed E-state index contributed by atoms with van der Waals surface area (Å²) >= 11 is 0. The summed E-state index contributed by atoms with van der Waals surface area (Å²) in [5.74, 6) is 0.152. The Morgan fingerprint density at radius 2 is 1.58 bits per heavy atom. The number of rotatable bonds is 3. The smallest absolute Gasteiger partial charge is 0.248 e. The van der Waals surface area contributed by atoms with E-state index in [4.69, 9.17) is 10.2 Å². The fourth-order valence-electron chi connectivity index (χ4n) is 2.66. The van der Waals surface area contributed by atoms with Gasteiger partial charge < -0.3 is 10.2 Å². The quantitative estimate of drug-likeness (QED) is 0.614. The maximum atomic E-state index is 11.4. The fourth-order valence-corrected chi connectivity index (χ4v) is 2.66. The summed E-state index contributed by atoms with van der Waals surface area (Å²) in [5.41, 5.74) is 10.1. The van der Waals surface area contributed by atoms with Crippen LogP contribution in [0.15, 0.2) is 77.2 Å². The summed E-state index contributed by atoms with van der Waals surface area (Å²) in [7, 11) is 0. The molecule has 0 unspecified atom stereocenters. The second-order valence-electron chi connectivity index (χ2n) is 5.51. The maximum absolute atomic E-state index is 11.4. The van der Waals surface area contributed by atoms with E-state index in [0.717, 1.165) is 27.8 Å². The molecule has 0 aliphatic rings. The van der Waals surface area contributed by atoms with Gasteiger partial charge in [-0.3, -0.25) is 4.79 Å². The minimum absolute atomic E-state index is 0.439. The van der Waals surface area contributed by atoms with Crippen LogP contribution in [-0.4, -0.2) is 10.9 Å². The third-order valence-electron chi connectivity index (χ3n) is 3.89. The van der Waals surface area contributed by atoms with Crippen LogP contribution in [0.1, 0.15) is 10.4 Å². The average Bonchev–Trinajstić information content (AvgIpc) is 3.06. The molecule has 0 spiro atoms. The average molecular weight is 314 g/mol. The Balaban J connectivity index is 1.79. The Morgan fingerprint density at radius 1 is 0.833 bits per heavy atom. The van der Waals surface area contributed by atoms with E-state index in [0.29, 0.717) is 11.5 Å². The number of fused-ring (bicyclic) bond motifs is 1. The van der Waals surface area contributed by atoms with E-state index < -0.39 is 5.91 Å². The van der Waals surface area contributed by atoms with Crippen LogP contribution in [0, 0.1) is 0 Å². The molecule has 4 heteroatoms. The van der Waals surface area contributed by atoms with Crippen LogP contribution in [-0.2, 0) is 0 Å². The first-order chi connectivity index (χ1) is 11.7. The van der Waals surface area contributed by atoms with Crippen molar-refractivity contribution < 1.29 is 9.21 Å². The summed E-state index contributed by atoms with van der Waals surface area (Å²) in [6.45, 7) is 0. The lowest BCUT2D eigenvalue weighted by Gasteiger charge is -2.03. The number of nitrogens with two attached hydrogens (primary N) is 1. The number of aromatic nitrogens is 1. The summed E-state index contributed by atoms with van der Waals surface area (Å²) < 4.78 is 5.82. The predicted molar refractivity (Wildman–Crippen MR) is 93.4 cm³/mol. The van der Waals surface area contributed by atoms with Gasteiger partial charge in [0.15, 0.2) is 5.58 Å². The molecule has 4 rings (SSSR count). The van der Waals surface area contributed by atoms with Gasteiger partial charge in [-0.05, 0) is 47.5 Å². The van der Waals surface area contributed by atoms with Gasteiger partial charge in [0, 0.05) is 11.1 Å². The number of primary amides is 1. The second-order valence-corrected chi connectivity index (χ2v) is 5.51. The highest BCUT2D eigenvalue weighted by Gasteiger charge is 2.10. The summed E-state index contributed by atoms with van der Waals surface area (Å²) in [5, 5.41) is 0. The fraction of sp³-hybridized carbons (Fsp3) is 0. The molecule has 2 N–H and O–H groups in total. The molecule has 1 amide bonds. The molecule has 0 aliphatic carbocycles. The van der Waals surface area contributed by atoms with Crippen LogP contribution in [0.25, 0.3) is 33.7 Å². The van der Waals surface area contributed by atoms with Gasteiger partial charge in [-0.1, -0.05) is 36.4 Å². The van der Waals surface area contributed by atoms with Crippen LogP contribution in [0.4, 0.5) is 0 Å². The molecular formula is C20H14N2O2. The number of carbonyl (C=O) groups is 1. The number of hydrogen-bond acceptors (Lipinski definition) is 3. The summed E-state index contributed by atoms with van der Waals surface area (Å²) in [6, 6.07) is 22.8. The van der Waals surface area contributed by atoms with Gasteiger partial charge in [-0.2, -0.15) is 0 Å². The van der Waals surface area contributed by atoms with E-state index >= 15 is 0 Å².